The molecule has 0 saturated heterocycles. The quantitative estimate of drug-likeness (QED) is 0.501. The molecule has 5 rings (SSSR count). The number of hydrogen-bond acceptors (Lipinski definition) is 6. The number of benzene rings is 3. The molecular weight excluding hydrogens is 396 g/mol. The molecule has 0 saturated carbocycles. The van der Waals surface area contributed by atoms with E-state index in [-0.39, 0.29) is 18.5 Å². The summed E-state index contributed by atoms with van der Waals surface area (Å²) in [6.45, 7) is 2.07. The number of rotatable bonds is 5. The van der Waals surface area contributed by atoms with Crippen LogP contribution in [0.5, 0.6) is 11.5 Å². The third kappa shape index (κ3) is 3.59. The maximum absolute atomic E-state index is 12.8. The van der Waals surface area contributed by atoms with Crippen molar-refractivity contribution < 1.29 is 19.1 Å². The lowest BCUT2D eigenvalue weighted by atomic mass is 10.1. The summed E-state index contributed by atoms with van der Waals surface area (Å²) in [6, 6.07) is 18.2. The largest absolute Gasteiger partial charge is 0.454 e. The number of carbonyl (C=O) groups excluding carboxylic acids is 2. The SMILES string of the molecule is CC(=O)c1cc2c(cc1NC(=O)c1ccc(Cn3nnc4ccccc43)cc1)OCO2. The minimum absolute atomic E-state index is 0.0899. The standard InChI is InChI=1S/C23H18N4O4/c1-14(28)17-10-21-22(31-13-30-21)11-19(17)24-23(29)16-8-6-15(7-9-16)12-27-20-5-3-2-4-18(20)25-26-27/h2-11H,12-13H2,1H3,(H,24,29). The van der Waals surface area contributed by atoms with Crippen molar-refractivity contribution in [2.45, 2.75) is 13.5 Å². The second-order valence-electron chi connectivity index (χ2n) is 7.19. The maximum Gasteiger partial charge on any atom is 0.255 e. The van der Waals surface area contributed by atoms with Crippen molar-refractivity contribution in [3.05, 3.63) is 77.4 Å². The summed E-state index contributed by atoms with van der Waals surface area (Å²) in [7, 11) is 0. The summed E-state index contributed by atoms with van der Waals surface area (Å²) in [6.07, 6.45) is 0. The van der Waals surface area contributed by atoms with E-state index in [0.717, 1.165) is 16.6 Å². The van der Waals surface area contributed by atoms with Gasteiger partial charge in [-0.1, -0.05) is 29.5 Å². The Morgan fingerprint density at radius 1 is 1.03 bits per heavy atom. The van der Waals surface area contributed by atoms with E-state index >= 15 is 0 Å². The zero-order chi connectivity index (χ0) is 21.4. The molecule has 0 aliphatic carbocycles. The van der Waals surface area contributed by atoms with Gasteiger partial charge in [-0.2, -0.15) is 0 Å². The van der Waals surface area contributed by atoms with Gasteiger partial charge in [-0.05, 0) is 42.8 Å². The Morgan fingerprint density at radius 2 is 1.77 bits per heavy atom. The van der Waals surface area contributed by atoms with Gasteiger partial charge in [0, 0.05) is 17.2 Å². The summed E-state index contributed by atoms with van der Waals surface area (Å²) in [5, 5.41) is 11.2. The van der Waals surface area contributed by atoms with E-state index in [9.17, 15) is 9.59 Å². The van der Waals surface area contributed by atoms with Crippen LogP contribution >= 0.6 is 0 Å². The highest BCUT2D eigenvalue weighted by atomic mass is 16.7. The molecule has 8 heteroatoms. The molecule has 0 fully saturated rings. The number of nitrogens with zero attached hydrogens (tertiary/aromatic N) is 3. The second kappa shape index (κ2) is 7.56. The summed E-state index contributed by atoms with van der Waals surface area (Å²) in [5.74, 6) is 0.493. The first kappa shape index (κ1) is 18.8. The number of hydrogen-bond donors (Lipinski definition) is 1. The zero-order valence-electron chi connectivity index (χ0n) is 16.7. The summed E-state index contributed by atoms with van der Waals surface area (Å²) < 4.78 is 12.5. The number of fused-ring (bicyclic) bond motifs is 2. The lowest BCUT2D eigenvalue weighted by molar-refractivity contribution is 0.101. The molecule has 31 heavy (non-hydrogen) atoms. The van der Waals surface area contributed by atoms with Crippen molar-refractivity contribution in [1.82, 2.24) is 15.0 Å². The highest BCUT2D eigenvalue weighted by molar-refractivity contribution is 6.09. The number of nitrogens with one attached hydrogen (secondary N) is 1. The number of Topliss-reactive ketones (excluding diaryl/α,β-unsaturated/α-hetero) is 1. The molecule has 0 bridgehead atoms. The average molecular weight is 414 g/mol. The van der Waals surface area contributed by atoms with Crippen molar-refractivity contribution in [2.75, 3.05) is 12.1 Å². The van der Waals surface area contributed by atoms with Crippen LogP contribution in [0.15, 0.2) is 60.7 Å². The molecule has 1 N–H and O–H groups in total. The molecule has 0 radical (unpaired) electrons. The van der Waals surface area contributed by atoms with Crippen LogP contribution in [0.25, 0.3) is 11.0 Å². The molecule has 0 atom stereocenters. The van der Waals surface area contributed by atoms with Crippen LogP contribution in [0.2, 0.25) is 0 Å². The average Bonchev–Trinajstić information content (AvgIpc) is 3.40. The minimum atomic E-state index is -0.320. The Labute approximate surface area is 177 Å². The number of carbonyl (C=O) groups is 2. The van der Waals surface area contributed by atoms with Gasteiger partial charge in [0.1, 0.15) is 5.52 Å². The fraction of sp³-hybridized carbons (Fsp3) is 0.130. The van der Waals surface area contributed by atoms with Gasteiger partial charge < -0.3 is 14.8 Å². The Morgan fingerprint density at radius 3 is 2.55 bits per heavy atom. The Hall–Kier alpha value is -4.20. The molecule has 154 valence electrons. The van der Waals surface area contributed by atoms with E-state index in [1.165, 1.54) is 6.92 Å². The molecular formula is C23H18N4O4. The number of ketones is 1. The highest BCUT2D eigenvalue weighted by Crippen LogP contribution is 2.37. The van der Waals surface area contributed by atoms with E-state index in [4.69, 9.17) is 9.47 Å². The van der Waals surface area contributed by atoms with Gasteiger partial charge in [0.15, 0.2) is 17.3 Å². The van der Waals surface area contributed by atoms with E-state index in [2.05, 4.69) is 15.6 Å². The number of amides is 1. The van der Waals surface area contributed by atoms with Gasteiger partial charge in [0.05, 0.1) is 17.7 Å². The predicted octanol–water partition coefficient (Wildman–Crippen LogP) is 3.66. The van der Waals surface area contributed by atoms with Gasteiger partial charge in [0.25, 0.3) is 5.91 Å². The van der Waals surface area contributed by atoms with Crippen molar-refractivity contribution in [3.63, 3.8) is 0 Å². The van der Waals surface area contributed by atoms with Crippen LogP contribution in [0.4, 0.5) is 5.69 Å². The first-order chi connectivity index (χ1) is 15.1. The Kier molecular flexibility index (Phi) is 4.59. The van der Waals surface area contributed by atoms with Crippen molar-refractivity contribution in [3.8, 4) is 11.5 Å². The molecule has 4 aromatic rings. The van der Waals surface area contributed by atoms with Crippen LogP contribution in [-0.4, -0.2) is 33.5 Å². The van der Waals surface area contributed by atoms with Crippen LogP contribution in [0, 0.1) is 0 Å². The van der Waals surface area contributed by atoms with E-state index in [1.807, 2.05) is 41.1 Å². The smallest absolute Gasteiger partial charge is 0.255 e. The lowest BCUT2D eigenvalue weighted by Gasteiger charge is -2.11. The summed E-state index contributed by atoms with van der Waals surface area (Å²) in [4.78, 5) is 24.8. The molecule has 3 aromatic carbocycles. The topological polar surface area (TPSA) is 95.3 Å². The number of para-hydroxylation sites is 1. The molecule has 1 aromatic heterocycles. The minimum Gasteiger partial charge on any atom is -0.454 e. The fourth-order valence-corrected chi connectivity index (χ4v) is 3.50. The number of anilines is 1. The number of ether oxygens (including phenoxy) is 2. The van der Waals surface area contributed by atoms with Gasteiger partial charge in [-0.25, -0.2) is 4.68 Å². The molecule has 0 unspecified atom stereocenters. The second-order valence-corrected chi connectivity index (χ2v) is 7.19. The van der Waals surface area contributed by atoms with Crippen LogP contribution in [-0.2, 0) is 6.54 Å². The third-order valence-electron chi connectivity index (χ3n) is 5.11. The molecule has 1 aliphatic heterocycles. The summed E-state index contributed by atoms with van der Waals surface area (Å²) in [5.41, 5.74) is 4.00. The Bertz CT molecular complexity index is 1310. The third-order valence-corrected chi connectivity index (χ3v) is 5.11. The van der Waals surface area contributed by atoms with Crippen molar-refractivity contribution in [1.29, 1.82) is 0 Å². The molecule has 2 heterocycles. The van der Waals surface area contributed by atoms with E-state index in [1.54, 1.807) is 24.3 Å². The molecule has 8 nitrogen and oxygen atoms in total. The maximum atomic E-state index is 12.8. The van der Waals surface area contributed by atoms with Crippen molar-refractivity contribution in [2.24, 2.45) is 0 Å². The first-order valence-corrected chi connectivity index (χ1v) is 9.71. The zero-order valence-corrected chi connectivity index (χ0v) is 16.7. The van der Waals surface area contributed by atoms with Gasteiger partial charge in [0.2, 0.25) is 6.79 Å². The lowest BCUT2D eigenvalue weighted by Crippen LogP contribution is -2.14. The molecule has 1 amide bonds. The van der Waals surface area contributed by atoms with Crippen LogP contribution in [0.3, 0.4) is 0 Å². The number of aromatic nitrogens is 3. The van der Waals surface area contributed by atoms with Crippen LogP contribution in [0.1, 0.15) is 33.2 Å². The van der Waals surface area contributed by atoms with Crippen molar-refractivity contribution >= 4 is 28.4 Å². The first-order valence-electron chi connectivity index (χ1n) is 9.71. The van der Waals surface area contributed by atoms with Crippen LogP contribution < -0.4 is 14.8 Å². The van der Waals surface area contributed by atoms with Gasteiger partial charge in [-0.15, -0.1) is 5.10 Å². The Balaban J connectivity index is 1.34. The normalized spacial score (nSPS) is 12.2. The molecule has 0 spiro atoms. The van der Waals surface area contributed by atoms with E-state index in [0.29, 0.717) is 34.9 Å². The van der Waals surface area contributed by atoms with Gasteiger partial charge in [-0.3, -0.25) is 9.59 Å². The van der Waals surface area contributed by atoms with E-state index < -0.39 is 0 Å². The van der Waals surface area contributed by atoms with Gasteiger partial charge >= 0.3 is 0 Å². The fourth-order valence-electron chi connectivity index (χ4n) is 3.50. The predicted molar refractivity (Wildman–Crippen MR) is 114 cm³/mol. The molecule has 1 aliphatic rings. The highest BCUT2D eigenvalue weighted by Gasteiger charge is 2.20. The monoisotopic (exact) mass is 414 g/mol. The summed E-state index contributed by atoms with van der Waals surface area (Å²) >= 11 is 0.